The minimum absolute atomic E-state index is 0.0411. The number of carbonyl (C=O) groups is 1. The summed E-state index contributed by atoms with van der Waals surface area (Å²) in [6.07, 6.45) is 1.62. The molecule has 0 radical (unpaired) electrons. The van der Waals surface area contributed by atoms with Crippen molar-refractivity contribution < 1.29 is 14.6 Å². The number of aliphatic hydroxyl groups is 1. The molecular weight excluding hydrogens is 280 g/mol. The summed E-state index contributed by atoms with van der Waals surface area (Å²) >= 11 is 0. The first kappa shape index (κ1) is 15.2. The second-order valence-corrected chi connectivity index (χ2v) is 6.89. The Kier molecular flexibility index (Phi) is 4.00. The van der Waals surface area contributed by atoms with Crippen LogP contribution in [0.2, 0.25) is 0 Å². The van der Waals surface area contributed by atoms with E-state index in [1.54, 1.807) is 4.90 Å². The van der Waals surface area contributed by atoms with Crippen LogP contribution in [0.25, 0.3) is 0 Å². The van der Waals surface area contributed by atoms with Crippen molar-refractivity contribution in [3.63, 3.8) is 0 Å². The smallest absolute Gasteiger partial charge is 0.317 e. The summed E-state index contributed by atoms with van der Waals surface area (Å²) in [5.41, 5.74) is 0.735. The molecule has 2 aliphatic rings. The van der Waals surface area contributed by atoms with Gasteiger partial charge in [0.25, 0.3) is 0 Å². The van der Waals surface area contributed by atoms with Gasteiger partial charge in [-0.05, 0) is 26.3 Å². The van der Waals surface area contributed by atoms with Crippen molar-refractivity contribution in [2.24, 2.45) is 5.92 Å². The molecule has 2 N–H and O–H groups in total. The van der Waals surface area contributed by atoms with E-state index < -0.39 is 0 Å². The molecule has 0 spiro atoms. The molecule has 5 nitrogen and oxygen atoms in total. The number of amides is 2. The number of nitrogens with one attached hydrogen (secondary N) is 1. The fraction of sp³-hybridized carbons (Fsp3) is 0.588. The average Bonchev–Trinajstić information content (AvgIpc) is 2.95. The average molecular weight is 304 g/mol. The van der Waals surface area contributed by atoms with E-state index in [-0.39, 0.29) is 30.2 Å². The molecule has 0 aromatic heterocycles. The number of rotatable bonds is 2. The number of nitrogens with zero attached hydrogens (tertiary/aromatic N) is 1. The number of benzene rings is 1. The molecule has 0 aliphatic carbocycles. The molecule has 5 heteroatoms. The Morgan fingerprint density at radius 1 is 1.45 bits per heavy atom. The predicted molar refractivity (Wildman–Crippen MR) is 83.8 cm³/mol. The summed E-state index contributed by atoms with van der Waals surface area (Å²) in [4.78, 5) is 14.3. The predicted octanol–water partition coefficient (Wildman–Crippen LogP) is 2.31. The normalized spacial score (nSPS) is 26.2. The minimum atomic E-state index is -0.301. The van der Waals surface area contributed by atoms with Crippen LogP contribution in [0.15, 0.2) is 24.3 Å². The van der Waals surface area contributed by atoms with E-state index >= 15 is 0 Å². The highest BCUT2D eigenvalue weighted by molar-refractivity contribution is 5.75. The Labute approximate surface area is 131 Å². The van der Waals surface area contributed by atoms with Crippen molar-refractivity contribution in [1.29, 1.82) is 0 Å². The van der Waals surface area contributed by atoms with Gasteiger partial charge >= 0.3 is 6.03 Å². The van der Waals surface area contributed by atoms with E-state index in [9.17, 15) is 9.90 Å². The van der Waals surface area contributed by atoms with Crippen molar-refractivity contribution in [1.82, 2.24) is 10.2 Å². The molecule has 2 heterocycles. The zero-order valence-corrected chi connectivity index (χ0v) is 13.2. The summed E-state index contributed by atoms with van der Waals surface area (Å²) in [6.45, 7) is 5.58. The highest BCUT2D eigenvalue weighted by atomic mass is 16.5. The number of fused-ring (bicyclic) bond motifs is 1. The molecule has 3 rings (SSSR count). The molecule has 120 valence electrons. The van der Waals surface area contributed by atoms with Crippen LogP contribution in [-0.2, 0) is 0 Å². The molecular formula is C17H24N2O3. The number of urea groups is 1. The molecule has 2 aliphatic heterocycles. The van der Waals surface area contributed by atoms with Gasteiger partial charge in [0.2, 0.25) is 0 Å². The van der Waals surface area contributed by atoms with Gasteiger partial charge in [-0.15, -0.1) is 0 Å². The third-order valence-corrected chi connectivity index (χ3v) is 4.51. The SMILES string of the molecule is CC1(C)CC(NC(=O)N2CCC(CO)C2)c2ccccc2O1. The van der Waals surface area contributed by atoms with Gasteiger partial charge in [0.1, 0.15) is 11.4 Å². The van der Waals surface area contributed by atoms with Gasteiger partial charge in [-0.25, -0.2) is 4.79 Å². The first-order chi connectivity index (χ1) is 10.5. The van der Waals surface area contributed by atoms with Crippen LogP contribution < -0.4 is 10.1 Å². The molecule has 0 saturated carbocycles. The Bertz CT molecular complexity index is 559. The Balaban J connectivity index is 1.73. The van der Waals surface area contributed by atoms with E-state index in [1.807, 2.05) is 38.1 Å². The van der Waals surface area contributed by atoms with Gasteiger partial charge < -0.3 is 20.1 Å². The van der Waals surface area contributed by atoms with Gasteiger partial charge in [-0.3, -0.25) is 0 Å². The zero-order valence-electron chi connectivity index (χ0n) is 13.2. The Morgan fingerprint density at radius 3 is 2.95 bits per heavy atom. The third kappa shape index (κ3) is 3.04. The van der Waals surface area contributed by atoms with Gasteiger partial charge in [0.05, 0.1) is 6.04 Å². The third-order valence-electron chi connectivity index (χ3n) is 4.51. The lowest BCUT2D eigenvalue weighted by Crippen LogP contribution is -2.45. The summed E-state index contributed by atoms with van der Waals surface area (Å²) < 4.78 is 5.99. The van der Waals surface area contributed by atoms with E-state index in [1.165, 1.54) is 0 Å². The second kappa shape index (κ2) is 5.80. The van der Waals surface area contributed by atoms with Gasteiger partial charge in [-0.1, -0.05) is 18.2 Å². The molecule has 1 aromatic rings. The molecule has 2 amide bonds. The number of ether oxygens (including phenoxy) is 1. The Hall–Kier alpha value is -1.75. The van der Waals surface area contributed by atoms with Crippen molar-refractivity contribution in [3.8, 4) is 5.75 Å². The van der Waals surface area contributed by atoms with Crippen LogP contribution in [-0.4, -0.2) is 41.3 Å². The lowest BCUT2D eigenvalue weighted by atomic mass is 9.90. The fourth-order valence-electron chi connectivity index (χ4n) is 3.34. The molecule has 2 unspecified atom stereocenters. The lowest BCUT2D eigenvalue weighted by molar-refractivity contribution is 0.0667. The fourth-order valence-corrected chi connectivity index (χ4v) is 3.34. The zero-order chi connectivity index (χ0) is 15.7. The van der Waals surface area contributed by atoms with Crippen molar-refractivity contribution >= 4 is 6.03 Å². The summed E-state index contributed by atoms with van der Waals surface area (Å²) in [7, 11) is 0. The molecule has 2 atom stereocenters. The van der Waals surface area contributed by atoms with E-state index in [0.717, 1.165) is 24.2 Å². The summed E-state index contributed by atoms with van der Waals surface area (Å²) in [6, 6.07) is 7.79. The molecule has 22 heavy (non-hydrogen) atoms. The molecule has 1 aromatic carbocycles. The second-order valence-electron chi connectivity index (χ2n) is 6.89. The maximum absolute atomic E-state index is 12.5. The number of hydrogen-bond acceptors (Lipinski definition) is 3. The van der Waals surface area contributed by atoms with Crippen LogP contribution in [0.3, 0.4) is 0 Å². The highest BCUT2D eigenvalue weighted by Gasteiger charge is 2.35. The maximum atomic E-state index is 12.5. The summed E-state index contributed by atoms with van der Waals surface area (Å²) in [5, 5.41) is 12.4. The Morgan fingerprint density at radius 2 is 2.23 bits per heavy atom. The number of carbonyl (C=O) groups excluding carboxylic acids is 1. The van der Waals surface area contributed by atoms with Gasteiger partial charge in [0, 0.05) is 37.6 Å². The first-order valence-electron chi connectivity index (χ1n) is 7.93. The van der Waals surface area contributed by atoms with E-state index in [2.05, 4.69) is 5.32 Å². The van der Waals surface area contributed by atoms with Gasteiger partial charge in [0.15, 0.2) is 0 Å². The van der Waals surface area contributed by atoms with Crippen molar-refractivity contribution in [2.75, 3.05) is 19.7 Å². The lowest BCUT2D eigenvalue weighted by Gasteiger charge is -2.38. The van der Waals surface area contributed by atoms with Crippen LogP contribution in [0.1, 0.15) is 38.3 Å². The van der Waals surface area contributed by atoms with Crippen molar-refractivity contribution in [2.45, 2.75) is 38.3 Å². The van der Waals surface area contributed by atoms with Crippen LogP contribution in [0.4, 0.5) is 4.79 Å². The van der Waals surface area contributed by atoms with E-state index in [0.29, 0.717) is 13.1 Å². The standard InChI is InChI=1S/C17H24N2O3/c1-17(2)9-14(13-5-3-4-6-15(13)22-17)18-16(21)19-8-7-12(10-19)11-20/h3-6,12,14,20H,7-11H2,1-2H3,(H,18,21). The van der Waals surface area contributed by atoms with Crippen LogP contribution >= 0.6 is 0 Å². The first-order valence-corrected chi connectivity index (χ1v) is 7.93. The maximum Gasteiger partial charge on any atom is 0.317 e. The van der Waals surface area contributed by atoms with Crippen molar-refractivity contribution in [3.05, 3.63) is 29.8 Å². The monoisotopic (exact) mass is 304 g/mol. The molecule has 1 saturated heterocycles. The number of hydrogen-bond donors (Lipinski definition) is 2. The van der Waals surface area contributed by atoms with Crippen LogP contribution in [0, 0.1) is 5.92 Å². The summed E-state index contributed by atoms with van der Waals surface area (Å²) in [5.74, 6) is 1.06. The number of para-hydroxylation sites is 1. The molecule has 0 bridgehead atoms. The largest absolute Gasteiger partial charge is 0.487 e. The minimum Gasteiger partial charge on any atom is -0.487 e. The quantitative estimate of drug-likeness (QED) is 0.881. The molecule has 1 fully saturated rings. The van der Waals surface area contributed by atoms with Crippen LogP contribution in [0.5, 0.6) is 5.75 Å². The topological polar surface area (TPSA) is 61.8 Å². The number of aliphatic hydroxyl groups excluding tert-OH is 1. The van der Waals surface area contributed by atoms with Gasteiger partial charge in [-0.2, -0.15) is 0 Å². The highest BCUT2D eigenvalue weighted by Crippen LogP contribution is 2.39. The number of likely N-dealkylation sites (tertiary alicyclic amines) is 1. The van der Waals surface area contributed by atoms with E-state index in [4.69, 9.17) is 4.74 Å².